The van der Waals surface area contributed by atoms with E-state index in [0.29, 0.717) is 10.8 Å². The molecule has 0 spiro atoms. The van der Waals surface area contributed by atoms with Gasteiger partial charge >= 0.3 is 77.1 Å². The van der Waals surface area contributed by atoms with E-state index >= 15 is 0 Å². The number of furan rings is 1. The second-order valence-corrected chi connectivity index (χ2v) is 14.5. The third kappa shape index (κ3) is 11.9. The molecule has 0 aliphatic carbocycles. The van der Waals surface area contributed by atoms with Gasteiger partial charge in [-0.05, 0) is 12.1 Å². The Labute approximate surface area is 164 Å². The van der Waals surface area contributed by atoms with E-state index in [2.05, 4.69) is 0 Å². The first-order valence-corrected chi connectivity index (χ1v) is 17.6. The molecule has 3 aromatic rings. The zero-order chi connectivity index (χ0) is 23.9. The Bertz CT molecular complexity index is 959. The van der Waals surface area contributed by atoms with Crippen LogP contribution in [0.3, 0.4) is 0 Å². The maximum absolute atomic E-state index is 13.0. The van der Waals surface area contributed by atoms with Crippen molar-refractivity contribution in [2.75, 3.05) is 0 Å². The van der Waals surface area contributed by atoms with E-state index < -0.39 is 46.1 Å². The molecule has 3 rings (SSSR count). The molecule has 0 aliphatic heterocycles. The molecule has 2 aromatic carbocycles. The van der Waals surface area contributed by atoms with Gasteiger partial charge in [-0.1, -0.05) is 37.4 Å². The molecule has 0 radical (unpaired) electrons. The van der Waals surface area contributed by atoms with E-state index in [1.54, 1.807) is 36.4 Å². The van der Waals surface area contributed by atoms with Crippen molar-refractivity contribution in [2.24, 2.45) is 0 Å². The van der Waals surface area contributed by atoms with Crippen LogP contribution >= 0.6 is 0 Å². The molecule has 0 fully saturated rings. The molecule has 0 amide bonds. The van der Waals surface area contributed by atoms with Crippen LogP contribution in [-0.2, 0) is 6.36 Å². The van der Waals surface area contributed by atoms with E-state index in [1.807, 2.05) is 0 Å². The Morgan fingerprint density at radius 3 is 1.07 bits per heavy atom. The van der Waals surface area contributed by atoms with Gasteiger partial charge in [0.15, 0.2) is 0 Å². The second kappa shape index (κ2) is 7.21. The Balaban J connectivity index is 0.000000290. The van der Waals surface area contributed by atoms with Gasteiger partial charge in [0.05, 0.1) is 10.8 Å². The first-order chi connectivity index (χ1) is 12.8. The van der Waals surface area contributed by atoms with Crippen LogP contribution < -0.4 is 0 Å². The summed E-state index contributed by atoms with van der Waals surface area (Å²) in [6.45, 7) is 0. The average Bonchev–Trinajstić information content (AvgIpc) is 2.75. The molecule has 0 atom stereocenters. The molecule has 174 valence electrons. The quantitative estimate of drug-likeness (QED) is 0.126. The third-order valence-corrected chi connectivity index (χ3v) is 2.74. The summed E-state index contributed by atoms with van der Waals surface area (Å²) in [5, 5.41) is 1.18. The van der Waals surface area contributed by atoms with Crippen LogP contribution in [0.5, 0.6) is 0 Å². The van der Waals surface area contributed by atoms with Gasteiger partial charge in [-0.3, -0.25) is 0 Å². The van der Waals surface area contributed by atoms with Gasteiger partial charge in [0, 0.05) is 12.1 Å². The summed E-state index contributed by atoms with van der Waals surface area (Å²) in [4.78, 5) is 0. The van der Waals surface area contributed by atoms with Crippen LogP contribution in [0.25, 0.3) is 21.9 Å². The number of rotatable bonds is 0. The number of hydrogen-bond acceptors (Lipinski definition) is 0. The summed E-state index contributed by atoms with van der Waals surface area (Å²) in [5.41, 5.74) is 0.224. The Hall–Kier alpha value is -1.10. The molecule has 0 saturated carbocycles. The number of benzene rings is 2. The predicted octanol–water partition coefficient (Wildman–Crippen LogP) is 8.61. The van der Waals surface area contributed by atoms with E-state index in [4.69, 9.17) is 0 Å². The topological polar surface area (TPSA) is 2.70 Å². The van der Waals surface area contributed by atoms with Crippen molar-refractivity contribution in [3.8, 4) is 0 Å². The van der Waals surface area contributed by atoms with Crippen LogP contribution in [0.4, 0.5) is 44.1 Å². The van der Waals surface area contributed by atoms with Crippen molar-refractivity contribution < 1.29 is 48.2 Å². The van der Waals surface area contributed by atoms with Gasteiger partial charge in [0.2, 0.25) is 0 Å². The fraction of sp³-hybridized carbons (Fsp3) is 0.0769. The zero-order valence-electron chi connectivity index (χ0n) is 13.7. The average molecular weight is 690 g/mol. The van der Waals surface area contributed by atoms with Crippen molar-refractivity contribution in [1.29, 1.82) is 0 Å². The Kier molecular flexibility index (Phi) is 6.47. The summed E-state index contributed by atoms with van der Waals surface area (Å²) < 4.78 is 150. The third-order valence-electron chi connectivity index (χ3n) is 2.74. The van der Waals surface area contributed by atoms with E-state index in [1.165, 1.54) is 16.2 Å². The van der Waals surface area contributed by atoms with Gasteiger partial charge in [0.25, 0.3) is 11.2 Å². The maximum atomic E-state index is 13.0. The first kappa shape index (κ1) is 26.9. The first-order valence-electron chi connectivity index (χ1n) is 6.94. The molecule has 1 heterocycles. The molecule has 0 saturated heterocycles. The molecule has 1 aromatic heterocycles. The molecule has 1 nitrogen and oxygen atoms in total. The molecule has 30 heavy (non-hydrogen) atoms. The second-order valence-electron chi connectivity index (χ2n) is 5.34. The summed E-state index contributed by atoms with van der Waals surface area (Å²) in [5.74, 6) is 0. The molecular formula is C13H8F14OSb2. The number of para-hydroxylation sites is 2. The summed E-state index contributed by atoms with van der Waals surface area (Å²) in [7, 11) is 0. The summed E-state index contributed by atoms with van der Waals surface area (Å²) in [6.07, 6.45) is -4.48. The van der Waals surface area contributed by atoms with Crippen LogP contribution in [0.15, 0.2) is 52.6 Å². The van der Waals surface area contributed by atoms with Crippen molar-refractivity contribution in [1.82, 2.24) is 0 Å². The molecule has 0 bridgehead atoms. The van der Waals surface area contributed by atoms with Crippen LogP contribution in [0, 0.1) is 0 Å². The van der Waals surface area contributed by atoms with Crippen LogP contribution in [0.1, 0.15) is 0 Å². The molecule has 0 aliphatic rings. The predicted molar refractivity (Wildman–Crippen MR) is 83.3 cm³/mol. The zero-order valence-corrected chi connectivity index (χ0v) is 18.8. The minimum absolute atomic E-state index is 0.112. The summed E-state index contributed by atoms with van der Waals surface area (Å²) >= 11 is -20.4. The fourth-order valence-corrected chi connectivity index (χ4v) is 2.10. The Morgan fingerprint density at radius 2 is 0.833 bits per heavy atom. The fourth-order valence-electron chi connectivity index (χ4n) is 2.10. The summed E-state index contributed by atoms with van der Waals surface area (Å²) in [6, 6.07) is 12.9. The van der Waals surface area contributed by atoms with Crippen molar-refractivity contribution >= 4 is 61.7 Å². The molecule has 17 heteroatoms. The van der Waals surface area contributed by atoms with Crippen LogP contribution in [0.2, 0.25) is 0 Å². The monoisotopic (exact) mass is 688 g/mol. The van der Waals surface area contributed by atoms with Gasteiger partial charge < -0.3 is 4.05 Å². The van der Waals surface area contributed by atoms with Gasteiger partial charge in [-0.15, -0.1) is 0 Å². The number of fused-ring (bicyclic) bond motifs is 3. The van der Waals surface area contributed by atoms with Gasteiger partial charge in [-0.25, -0.2) is 0 Å². The molecule has 0 N–H and O–H groups in total. The van der Waals surface area contributed by atoms with E-state index in [9.17, 15) is 44.1 Å². The van der Waals surface area contributed by atoms with Crippen molar-refractivity contribution in [2.45, 2.75) is 6.36 Å². The standard InChI is InChI=1S/C13H8F3O.11FH.2Sb/c14-13(15,16)17-11-7-3-1-5-9(11)10-6-2-4-8-12(10)17;;;;;;;;;;;;;/h1-8H;11*1H;;/q+1;;;;;;;;;;;;2*+5/p-11. The number of hydrogen-bond donors (Lipinski definition) is 0. The van der Waals surface area contributed by atoms with E-state index in [0.717, 1.165) is 0 Å². The molecular weight excluding hydrogens is 682 g/mol. The van der Waals surface area contributed by atoms with Gasteiger partial charge in [0.1, 0.15) is 0 Å². The van der Waals surface area contributed by atoms with Crippen molar-refractivity contribution in [3.05, 3.63) is 48.5 Å². The van der Waals surface area contributed by atoms with Gasteiger partial charge in [-0.2, -0.15) is 0 Å². The Morgan fingerprint density at radius 1 is 0.600 bits per heavy atom. The molecule has 0 unspecified atom stereocenters. The normalized spacial score (nSPS) is 16.3. The van der Waals surface area contributed by atoms with Crippen molar-refractivity contribution in [3.63, 3.8) is 0 Å². The number of halogens is 14. The minimum atomic E-state index is -11.2. The van der Waals surface area contributed by atoms with Crippen LogP contribution in [-0.4, -0.2) is 39.8 Å². The van der Waals surface area contributed by atoms with E-state index in [-0.39, 0.29) is 11.2 Å². The number of alkyl halides is 3. The SMILES string of the molecule is FC(F)(F)[o+]1c2ccccc2c2ccccc21.[F][Sb-]([F])([F])([F])([F])[F].[F][Sb]([F])([F])([F])[F].